The summed E-state index contributed by atoms with van der Waals surface area (Å²) in [6.07, 6.45) is 5.33. The summed E-state index contributed by atoms with van der Waals surface area (Å²) in [6, 6.07) is 1.42. The summed E-state index contributed by atoms with van der Waals surface area (Å²) < 4.78 is 14.6. The van der Waals surface area contributed by atoms with Gasteiger partial charge in [-0.1, -0.05) is 12.1 Å². The van der Waals surface area contributed by atoms with Gasteiger partial charge in [0.15, 0.2) is 0 Å². The molecule has 2 rings (SSSR count). The lowest BCUT2D eigenvalue weighted by molar-refractivity contribution is 0.607. The molecule has 0 N–H and O–H groups in total. The molecule has 2 aromatic rings. The minimum absolute atomic E-state index is 0.130. The van der Waals surface area contributed by atoms with Crippen LogP contribution in [0.15, 0.2) is 24.7 Å². The molecule has 1 atom stereocenters. The van der Waals surface area contributed by atoms with Gasteiger partial charge in [-0.2, -0.15) is 0 Å². The van der Waals surface area contributed by atoms with Crippen LogP contribution in [0, 0.1) is 5.82 Å². The quantitative estimate of drug-likeness (QED) is 0.788. The van der Waals surface area contributed by atoms with E-state index in [-0.39, 0.29) is 11.2 Å². The van der Waals surface area contributed by atoms with Crippen molar-refractivity contribution < 1.29 is 4.39 Å². The van der Waals surface area contributed by atoms with Crippen LogP contribution in [0.2, 0.25) is 0 Å². The summed E-state index contributed by atoms with van der Waals surface area (Å²) in [5.41, 5.74) is 1.47. The van der Waals surface area contributed by atoms with Gasteiger partial charge in [-0.05, 0) is 18.1 Å². The summed E-state index contributed by atoms with van der Waals surface area (Å²) in [6.45, 7) is 2.41. The normalized spacial score (nSPS) is 12.6. The van der Waals surface area contributed by atoms with Gasteiger partial charge in [-0.15, -0.1) is 16.7 Å². The summed E-state index contributed by atoms with van der Waals surface area (Å²) in [5, 5.41) is 7.78. The van der Waals surface area contributed by atoms with Crippen LogP contribution in [0.25, 0.3) is 0 Å². The zero-order chi connectivity index (χ0) is 12.3. The van der Waals surface area contributed by atoms with Crippen molar-refractivity contribution in [2.24, 2.45) is 0 Å². The summed E-state index contributed by atoms with van der Waals surface area (Å²) >= 11 is 6.04. The largest absolute Gasteiger partial charge is 0.261 e. The summed E-state index contributed by atoms with van der Waals surface area (Å²) in [4.78, 5) is 3.78. The maximum Gasteiger partial charge on any atom is 0.141 e. The second kappa shape index (κ2) is 5.23. The van der Waals surface area contributed by atoms with Crippen molar-refractivity contribution in [3.05, 3.63) is 41.7 Å². The van der Waals surface area contributed by atoms with E-state index in [9.17, 15) is 4.39 Å². The van der Waals surface area contributed by atoms with E-state index in [1.807, 2.05) is 6.92 Å². The first-order valence-electron chi connectivity index (χ1n) is 5.32. The lowest BCUT2D eigenvalue weighted by Crippen LogP contribution is -2.01. The number of aromatic nitrogens is 4. The number of hydrogen-bond donors (Lipinski definition) is 0. The molecule has 4 nitrogen and oxygen atoms in total. The fourth-order valence-electron chi connectivity index (χ4n) is 1.47. The number of hydrogen-bond acceptors (Lipinski definition) is 3. The molecule has 17 heavy (non-hydrogen) atoms. The summed E-state index contributed by atoms with van der Waals surface area (Å²) in [7, 11) is 0. The molecular weight excluding hydrogens is 243 g/mol. The van der Waals surface area contributed by atoms with Crippen LogP contribution in [0.4, 0.5) is 4.39 Å². The Morgan fingerprint density at radius 1 is 1.47 bits per heavy atom. The predicted molar refractivity (Wildman–Crippen MR) is 62.2 cm³/mol. The molecule has 0 aliphatic heterocycles. The first kappa shape index (κ1) is 12.0. The Bertz CT molecular complexity index is 500. The van der Waals surface area contributed by atoms with Gasteiger partial charge in [0.2, 0.25) is 0 Å². The van der Waals surface area contributed by atoms with Gasteiger partial charge in [0.25, 0.3) is 0 Å². The third-order valence-corrected chi connectivity index (χ3v) is 2.87. The number of alkyl halides is 1. The molecule has 0 spiro atoms. The highest BCUT2D eigenvalue weighted by atomic mass is 35.5. The third kappa shape index (κ3) is 3.00. The van der Waals surface area contributed by atoms with E-state index >= 15 is 0 Å². The molecule has 0 fully saturated rings. The van der Waals surface area contributed by atoms with Gasteiger partial charge in [-0.25, -0.2) is 9.07 Å². The summed E-state index contributed by atoms with van der Waals surface area (Å²) in [5.74, 6) is -0.355. The molecule has 6 heteroatoms. The lowest BCUT2D eigenvalue weighted by Gasteiger charge is -2.01. The maximum atomic E-state index is 12.9. The van der Waals surface area contributed by atoms with Crippen LogP contribution >= 0.6 is 11.6 Å². The second-order valence-electron chi connectivity index (χ2n) is 3.73. The first-order valence-corrected chi connectivity index (χ1v) is 5.76. The average molecular weight is 255 g/mol. The Kier molecular flexibility index (Phi) is 3.68. The van der Waals surface area contributed by atoms with Gasteiger partial charge in [0.05, 0.1) is 24.3 Å². The Labute approximate surface area is 103 Å². The van der Waals surface area contributed by atoms with Gasteiger partial charge in [0, 0.05) is 6.20 Å². The number of nitrogens with zero attached hydrogens (tertiary/aromatic N) is 4. The van der Waals surface area contributed by atoms with E-state index in [0.717, 1.165) is 17.7 Å². The Morgan fingerprint density at radius 2 is 2.29 bits per heavy atom. The molecule has 0 aliphatic carbocycles. The van der Waals surface area contributed by atoms with Gasteiger partial charge >= 0.3 is 0 Å². The standard InChI is InChI=1S/C11H12ClFN4/c1-2-10(12)11-7-17(16-15-11)6-8-3-9(13)5-14-4-8/h3-5,7,10H,2,6H2,1H3. The predicted octanol–water partition coefficient (Wildman–Crippen LogP) is 2.55. The van der Waals surface area contributed by atoms with Crippen molar-refractivity contribution in [2.45, 2.75) is 25.3 Å². The van der Waals surface area contributed by atoms with Crippen LogP contribution in [0.1, 0.15) is 30.0 Å². The number of rotatable bonds is 4. The average Bonchev–Trinajstić information content (AvgIpc) is 2.76. The fraction of sp³-hybridized carbons (Fsp3) is 0.364. The highest BCUT2D eigenvalue weighted by Gasteiger charge is 2.10. The molecule has 0 saturated heterocycles. The Morgan fingerprint density at radius 3 is 3.00 bits per heavy atom. The van der Waals surface area contributed by atoms with Crippen molar-refractivity contribution in [3.8, 4) is 0 Å². The molecular formula is C11H12ClFN4. The minimum atomic E-state index is -0.355. The molecule has 1 unspecified atom stereocenters. The molecule has 0 bridgehead atoms. The number of halogens is 2. The SMILES string of the molecule is CCC(Cl)c1cn(Cc2cncc(F)c2)nn1. The highest BCUT2D eigenvalue weighted by Crippen LogP contribution is 2.20. The van der Waals surface area contributed by atoms with E-state index in [2.05, 4.69) is 15.3 Å². The van der Waals surface area contributed by atoms with Crippen molar-refractivity contribution in [1.82, 2.24) is 20.0 Å². The smallest absolute Gasteiger partial charge is 0.141 e. The van der Waals surface area contributed by atoms with Crippen molar-refractivity contribution in [3.63, 3.8) is 0 Å². The van der Waals surface area contributed by atoms with Crippen LogP contribution in [-0.4, -0.2) is 20.0 Å². The molecule has 0 saturated carbocycles. The molecule has 0 aliphatic rings. The zero-order valence-corrected chi connectivity index (χ0v) is 10.1. The topological polar surface area (TPSA) is 43.6 Å². The van der Waals surface area contributed by atoms with E-state index in [1.165, 1.54) is 12.3 Å². The van der Waals surface area contributed by atoms with Crippen molar-refractivity contribution >= 4 is 11.6 Å². The molecule has 90 valence electrons. The van der Waals surface area contributed by atoms with Gasteiger partial charge < -0.3 is 0 Å². The molecule has 0 amide bonds. The van der Waals surface area contributed by atoms with Crippen molar-refractivity contribution in [1.29, 1.82) is 0 Å². The van der Waals surface area contributed by atoms with Gasteiger partial charge in [0.1, 0.15) is 11.5 Å². The zero-order valence-electron chi connectivity index (χ0n) is 9.35. The van der Waals surface area contributed by atoms with Crippen LogP contribution in [-0.2, 0) is 6.54 Å². The van der Waals surface area contributed by atoms with Crippen LogP contribution < -0.4 is 0 Å². The monoisotopic (exact) mass is 254 g/mol. The van der Waals surface area contributed by atoms with E-state index in [1.54, 1.807) is 17.1 Å². The molecule has 0 radical (unpaired) electrons. The number of pyridine rings is 1. The maximum absolute atomic E-state index is 12.9. The Hall–Kier alpha value is -1.49. The molecule has 2 aromatic heterocycles. The highest BCUT2D eigenvalue weighted by molar-refractivity contribution is 6.20. The van der Waals surface area contributed by atoms with Crippen molar-refractivity contribution in [2.75, 3.05) is 0 Å². The second-order valence-corrected chi connectivity index (χ2v) is 4.26. The third-order valence-electron chi connectivity index (χ3n) is 2.34. The van der Waals surface area contributed by atoms with Gasteiger partial charge in [-0.3, -0.25) is 4.98 Å². The van der Waals surface area contributed by atoms with E-state index in [0.29, 0.717) is 6.54 Å². The van der Waals surface area contributed by atoms with Crippen LogP contribution in [0.3, 0.4) is 0 Å². The molecule has 0 aromatic carbocycles. The lowest BCUT2D eigenvalue weighted by atomic mass is 10.2. The van der Waals surface area contributed by atoms with Crippen LogP contribution in [0.5, 0.6) is 0 Å². The minimum Gasteiger partial charge on any atom is -0.261 e. The Balaban J connectivity index is 2.11. The fourth-order valence-corrected chi connectivity index (χ4v) is 1.57. The first-order chi connectivity index (χ1) is 8.19. The molecule has 2 heterocycles. The van der Waals surface area contributed by atoms with E-state index < -0.39 is 0 Å². The van der Waals surface area contributed by atoms with E-state index in [4.69, 9.17) is 11.6 Å².